The minimum atomic E-state index is -4.28. The van der Waals surface area contributed by atoms with E-state index in [1.807, 2.05) is 0 Å². The lowest BCUT2D eigenvalue weighted by Gasteiger charge is -2.26. The van der Waals surface area contributed by atoms with Crippen LogP contribution in [0.15, 0.2) is 66.2 Å². The van der Waals surface area contributed by atoms with Crippen LogP contribution in [-0.2, 0) is 33.9 Å². The van der Waals surface area contributed by atoms with Crippen LogP contribution in [0.2, 0.25) is 0 Å². The molecule has 3 rings (SSSR count). The minimum absolute atomic E-state index is 0.393. The number of hydrogen-bond donors (Lipinski definition) is 1. The molecule has 0 spiro atoms. The molecule has 148 valence electrons. The number of Topliss-reactive ketones (excluding diaryl/α,β-unsaturated/α-hetero) is 1. The number of ether oxygens (including phenoxy) is 2. The van der Waals surface area contributed by atoms with Gasteiger partial charge in [0, 0.05) is 5.56 Å². The van der Waals surface area contributed by atoms with Crippen LogP contribution in [-0.4, -0.2) is 44.8 Å². The molecule has 0 amide bonds. The molecule has 0 radical (unpaired) electrons. The number of nitrogens with two attached hydrogens (primary N) is 1. The fourth-order valence-electron chi connectivity index (χ4n) is 3.13. The molecule has 1 heterocycles. The van der Waals surface area contributed by atoms with Crippen molar-refractivity contribution in [1.82, 2.24) is 0 Å². The second kappa shape index (κ2) is 7.22. The Bertz CT molecular complexity index is 1090. The lowest BCUT2D eigenvalue weighted by molar-refractivity contribution is -0.126. The maximum atomic E-state index is 13.1. The largest absolute Gasteiger partial charge is 0.496 e. The van der Waals surface area contributed by atoms with E-state index in [4.69, 9.17) is 19.4 Å². The summed E-state index contributed by atoms with van der Waals surface area (Å²) in [6, 6.07) is 15.3. The average Bonchev–Trinajstić information content (AvgIpc) is 2.92. The highest BCUT2D eigenvalue weighted by molar-refractivity contribution is 7.90. The van der Waals surface area contributed by atoms with Gasteiger partial charge in [-0.05, 0) is 11.6 Å². The molecule has 0 fully saturated rings. The third kappa shape index (κ3) is 3.39. The zero-order valence-corrected chi connectivity index (χ0v) is 17.4. The molecule has 7 nitrogen and oxygen atoms in total. The van der Waals surface area contributed by atoms with Crippen LogP contribution in [0.3, 0.4) is 0 Å². The minimum Gasteiger partial charge on any atom is -0.496 e. The van der Waals surface area contributed by atoms with Crippen molar-refractivity contribution in [3.63, 3.8) is 0 Å². The highest BCUT2D eigenvalue weighted by Crippen LogP contribution is 2.40. The highest BCUT2D eigenvalue weighted by atomic mass is 32.2. The Labute approximate surface area is 172 Å². The molecule has 2 aromatic rings. The van der Waals surface area contributed by atoms with Gasteiger partial charge >= 0.3 is 10.1 Å². The van der Waals surface area contributed by atoms with E-state index in [1.165, 1.54) is 30.6 Å². The number of carbonyl (C=O) groups is 1. The summed E-state index contributed by atoms with van der Waals surface area (Å²) in [5.74, 6) is -1.23. The van der Waals surface area contributed by atoms with Gasteiger partial charge in [-0.2, -0.15) is 8.42 Å². The summed E-state index contributed by atoms with van der Waals surface area (Å²) < 4.78 is 40.8. The van der Waals surface area contributed by atoms with E-state index in [0.717, 1.165) is 0 Å². The Morgan fingerprint density at radius 2 is 1.66 bits per heavy atom. The molecule has 29 heavy (non-hydrogen) atoms. The van der Waals surface area contributed by atoms with Gasteiger partial charge in [0.1, 0.15) is 21.4 Å². The third-order valence-corrected chi connectivity index (χ3v) is 6.96. The number of para-hydroxylation sites is 1. The predicted molar refractivity (Wildman–Crippen MR) is 116 cm³/mol. The zero-order chi connectivity index (χ0) is 21.4. The van der Waals surface area contributed by atoms with E-state index in [-0.39, 0.29) is 0 Å². The normalized spacial score (nSPS) is 19.7. The van der Waals surface area contributed by atoms with Gasteiger partial charge in [0.25, 0.3) is 0 Å². The molecule has 0 aromatic heterocycles. The highest BCUT2D eigenvalue weighted by Gasteiger charge is 2.51. The van der Waals surface area contributed by atoms with Gasteiger partial charge in [-0.25, -0.2) is 0 Å². The van der Waals surface area contributed by atoms with E-state index in [9.17, 15) is 13.2 Å². The van der Waals surface area contributed by atoms with Gasteiger partial charge in [0.15, 0.2) is 13.3 Å². The Hall–Kier alpha value is -2.81. The molecular formula is C18H20B3NO6S. The van der Waals surface area contributed by atoms with Crippen LogP contribution in [0.4, 0.5) is 0 Å². The van der Waals surface area contributed by atoms with Crippen molar-refractivity contribution in [3.05, 3.63) is 77.4 Å². The van der Waals surface area contributed by atoms with E-state index in [0.29, 0.717) is 16.9 Å². The first-order valence-corrected chi connectivity index (χ1v) is 10.3. The topological polar surface area (TPSA) is 105 Å². The van der Waals surface area contributed by atoms with Crippen molar-refractivity contribution in [2.45, 2.75) is 10.0 Å². The van der Waals surface area contributed by atoms with Crippen LogP contribution in [0.1, 0.15) is 11.1 Å². The number of ketones is 1. The average molecular weight is 411 g/mol. The van der Waals surface area contributed by atoms with Gasteiger partial charge in [0.05, 0.1) is 11.7 Å². The molecule has 0 aliphatic carbocycles. The second-order valence-corrected chi connectivity index (χ2v) is 9.37. The quantitative estimate of drug-likeness (QED) is 0.462. The second-order valence-electron chi connectivity index (χ2n) is 7.27. The first-order chi connectivity index (χ1) is 13.5. The van der Waals surface area contributed by atoms with Crippen molar-refractivity contribution in [2.24, 2.45) is 5.73 Å². The first-order valence-electron chi connectivity index (χ1n) is 8.91. The van der Waals surface area contributed by atoms with Gasteiger partial charge in [0.2, 0.25) is 17.4 Å². The van der Waals surface area contributed by atoms with Crippen molar-refractivity contribution >= 4 is 39.4 Å². The van der Waals surface area contributed by atoms with Gasteiger partial charge in [-0.3, -0.25) is 4.79 Å². The lowest BCUT2D eigenvalue weighted by atomic mass is 9.65. The molecule has 1 atom stereocenters. The summed E-state index contributed by atoms with van der Waals surface area (Å²) in [7, 11) is 1.66. The Morgan fingerprint density at radius 1 is 1.07 bits per heavy atom. The van der Waals surface area contributed by atoms with Crippen molar-refractivity contribution in [1.29, 1.82) is 0 Å². The van der Waals surface area contributed by atoms with Crippen molar-refractivity contribution in [3.8, 4) is 5.75 Å². The Morgan fingerprint density at radius 3 is 2.28 bits per heavy atom. The molecule has 0 saturated carbocycles. The Kier molecular flexibility index (Phi) is 5.21. The van der Waals surface area contributed by atoms with Crippen LogP contribution in [0.5, 0.6) is 5.75 Å². The van der Waals surface area contributed by atoms with E-state index < -0.39 is 37.6 Å². The van der Waals surface area contributed by atoms with Crippen LogP contribution < -0.4 is 10.5 Å². The van der Waals surface area contributed by atoms with Crippen LogP contribution in [0.25, 0.3) is 0 Å². The van der Waals surface area contributed by atoms with E-state index in [1.54, 1.807) is 54.6 Å². The third-order valence-electron chi connectivity index (χ3n) is 5.09. The fraction of sp³-hybridized carbons (Fsp3) is 0.167. The van der Waals surface area contributed by atoms with Gasteiger partial charge in [-0.1, -0.05) is 48.5 Å². The van der Waals surface area contributed by atoms with Crippen molar-refractivity contribution < 1.29 is 26.9 Å². The summed E-state index contributed by atoms with van der Waals surface area (Å²) in [5.41, 5.74) is 5.22. The summed E-state index contributed by atoms with van der Waals surface area (Å²) in [4.78, 5) is 13.1. The van der Waals surface area contributed by atoms with Gasteiger partial charge in [-0.15, -0.1) is 0 Å². The molecule has 0 saturated heterocycles. The van der Waals surface area contributed by atoms with E-state index in [2.05, 4.69) is 0 Å². The molecule has 11 heteroatoms. The smallest absolute Gasteiger partial charge is 0.304 e. The van der Waals surface area contributed by atoms with E-state index >= 15 is 0 Å². The predicted octanol–water partition coefficient (Wildman–Crippen LogP) is -1.37. The summed E-state index contributed by atoms with van der Waals surface area (Å²) in [6.07, 6.45) is 0. The van der Waals surface area contributed by atoms with Gasteiger partial charge < -0.3 is 19.4 Å². The summed E-state index contributed by atoms with van der Waals surface area (Å²) in [5, 5.41) is 0. The van der Waals surface area contributed by atoms with Crippen LogP contribution >= 0.6 is 0 Å². The first kappa shape index (κ1) is 20.9. The number of rotatable bonds is 6. The standard InChI is InChI=1S/C18H20B3NO6S/c1-26-13-10-6-5-9-12(13)17(19)15(23)14(16(22)27-17)28-29(24,25)18(20,21)11-7-3-2-4-8-11/h2-10H,19-22H2,1H3. The summed E-state index contributed by atoms with van der Waals surface area (Å²) >= 11 is 0. The maximum Gasteiger partial charge on any atom is 0.304 e. The Balaban J connectivity index is 1.96. The molecule has 0 bridgehead atoms. The number of hydrogen-bond acceptors (Lipinski definition) is 7. The lowest BCUT2D eigenvalue weighted by Crippen LogP contribution is -2.40. The molecule has 2 aromatic carbocycles. The number of methoxy groups -OCH3 is 1. The molecule has 2 N–H and O–H groups in total. The number of carbonyl (C=O) groups excluding carboxylic acids is 1. The maximum absolute atomic E-state index is 13.1. The molecule has 1 aliphatic rings. The van der Waals surface area contributed by atoms with Crippen molar-refractivity contribution in [2.75, 3.05) is 7.11 Å². The molecule has 1 unspecified atom stereocenters. The monoisotopic (exact) mass is 411 g/mol. The molecule has 1 aliphatic heterocycles. The molecular weight excluding hydrogens is 391 g/mol. The SMILES string of the molecule is BC1(c2ccccc2OC)OC(N)=C(OS(=O)(=O)C(B)(B)c2ccccc2)C1=O. The number of benzene rings is 2. The van der Waals surface area contributed by atoms with Crippen LogP contribution in [0, 0.1) is 0 Å². The summed E-state index contributed by atoms with van der Waals surface area (Å²) in [6.45, 7) is 0. The fourth-order valence-corrected chi connectivity index (χ4v) is 4.14. The zero-order valence-electron chi connectivity index (χ0n) is 16.6.